The minimum atomic E-state index is -0.303. The molecule has 2 heterocycles. The van der Waals surface area contributed by atoms with E-state index < -0.39 is 0 Å². The molecule has 3 amide bonds. The summed E-state index contributed by atoms with van der Waals surface area (Å²) in [7, 11) is 0. The van der Waals surface area contributed by atoms with Crippen LogP contribution in [0.2, 0.25) is 0 Å². The van der Waals surface area contributed by atoms with Crippen LogP contribution in [0.5, 0.6) is 0 Å². The maximum atomic E-state index is 12.7. The molecule has 1 aromatic rings. The van der Waals surface area contributed by atoms with E-state index in [1.54, 1.807) is 4.90 Å². The topological polar surface area (TPSA) is 73.0 Å². The zero-order valence-corrected chi connectivity index (χ0v) is 15.9. The van der Waals surface area contributed by atoms with E-state index in [-0.39, 0.29) is 23.8 Å². The molecule has 0 radical (unpaired) electrons. The summed E-state index contributed by atoms with van der Waals surface area (Å²) in [5, 5.41) is 2.94. The zero-order valence-electron chi connectivity index (χ0n) is 15.9. The van der Waals surface area contributed by atoms with Gasteiger partial charge in [0, 0.05) is 46.2 Å². The van der Waals surface area contributed by atoms with Crippen molar-refractivity contribution in [2.24, 2.45) is 0 Å². The largest absolute Gasteiger partial charge is 0.351 e. The maximum Gasteiger partial charge on any atom is 0.245 e. The van der Waals surface area contributed by atoms with Gasteiger partial charge in [-0.2, -0.15) is 0 Å². The highest BCUT2D eigenvalue weighted by atomic mass is 16.2. The molecule has 0 aliphatic carbocycles. The Morgan fingerprint density at radius 2 is 1.74 bits per heavy atom. The van der Waals surface area contributed by atoms with Gasteiger partial charge in [-0.15, -0.1) is 0 Å². The second-order valence-corrected chi connectivity index (χ2v) is 7.23. The van der Waals surface area contributed by atoms with Gasteiger partial charge in [0.15, 0.2) is 0 Å². The lowest BCUT2D eigenvalue weighted by atomic mass is 10.1. The van der Waals surface area contributed by atoms with E-state index in [2.05, 4.69) is 10.2 Å². The van der Waals surface area contributed by atoms with Gasteiger partial charge >= 0.3 is 0 Å². The fraction of sp³-hybridized carbons (Fsp3) is 0.550. The van der Waals surface area contributed by atoms with Crippen molar-refractivity contribution in [3.05, 3.63) is 35.9 Å². The number of piperazine rings is 1. The lowest BCUT2D eigenvalue weighted by molar-refractivity contribution is -0.144. The predicted molar refractivity (Wildman–Crippen MR) is 102 cm³/mol. The standard InChI is InChI=1S/C20H28N4O3/c1-16(25)24-9-5-8-18(24)20(27)23-12-10-22(11-13-23)15-19(26)21-14-17-6-3-2-4-7-17/h2-4,6-7,18H,5,8-15H2,1H3,(H,21,26). The second kappa shape index (κ2) is 8.99. The van der Waals surface area contributed by atoms with Crippen molar-refractivity contribution >= 4 is 17.7 Å². The Bertz CT molecular complexity index is 671. The summed E-state index contributed by atoms with van der Waals surface area (Å²) in [6.07, 6.45) is 1.64. The van der Waals surface area contributed by atoms with Crippen LogP contribution in [-0.4, -0.2) is 77.7 Å². The third-order valence-corrected chi connectivity index (χ3v) is 5.33. The first-order valence-electron chi connectivity index (χ1n) is 9.63. The van der Waals surface area contributed by atoms with Gasteiger partial charge in [-0.25, -0.2) is 0 Å². The summed E-state index contributed by atoms with van der Waals surface area (Å²) in [6, 6.07) is 9.52. The number of hydrogen-bond acceptors (Lipinski definition) is 4. The number of carbonyl (C=O) groups excluding carboxylic acids is 3. The highest BCUT2D eigenvalue weighted by Crippen LogP contribution is 2.20. The van der Waals surface area contributed by atoms with Gasteiger partial charge < -0.3 is 15.1 Å². The summed E-state index contributed by atoms with van der Waals surface area (Å²) >= 11 is 0. The van der Waals surface area contributed by atoms with Crippen molar-refractivity contribution < 1.29 is 14.4 Å². The number of nitrogens with one attached hydrogen (secondary N) is 1. The fourth-order valence-electron chi connectivity index (χ4n) is 3.79. The minimum absolute atomic E-state index is 0.00261. The third kappa shape index (κ3) is 5.07. The van der Waals surface area contributed by atoms with E-state index in [1.165, 1.54) is 6.92 Å². The Balaban J connectivity index is 1.41. The first-order valence-corrected chi connectivity index (χ1v) is 9.63. The lowest BCUT2D eigenvalue weighted by Gasteiger charge is -2.36. The smallest absolute Gasteiger partial charge is 0.245 e. The molecule has 2 aliphatic heterocycles. The number of likely N-dealkylation sites (tertiary alicyclic amines) is 1. The normalized spacial score (nSPS) is 20.6. The molecule has 1 atom stereocenters. The molecule has 0 bridgehead atoms. The molecule has 2 fully saturated rings. The molecule has 3 rings (SSSR count). The van der Waals surface area contributed by atoms with Gasteiger partial charge in [0.1, 0.15) is 6.04 Å². The first-order chi connectivity index (χ1) is 13.0. The molecule has 146 valence electrons. The quantitative estimate of drug-likeness (QED) is 0.815. The van der Waals surface area contributed by atoms with E-state index >= 15 is 0 Å². The summed E-state index contributed by atoms with van der Waals surface area (Å²) in [5.74, 6) is 0.0210. The molecular formula is C20H28N4O3. The van der Waals surface area contributed by atoms with E-state index in [0.717, 1.165) is 18.4 Å². The van der Waals surface area contributed by atoms with Crippen LogP contribution in [0.1, 0.15) is 25.3 Å². The number of carbonyl (C=O) groups is 3. The minimum Gasteiger partial charge on any atom is -0.351 e. The monoisotopic (exact) mass is 372 g/mol. The van der Waals surface area contributed by atoms with Crippen molar-refractivity contribution in [3.8, 4) is 0 Å². The van der Waals surface area contributed by atoms with Crippen LogP contribution in [0.15, 0.2) is 30.3 Å². The highest BCUT2D eigenvalue weighted by Gasteiger charge is 2.36. The summed E-state index contributed by atoms with van der Waals surface area (Å²) in [4.78, 5) is 42.2. The van der Waals surface area contributed by atoms with Crippen LogP contribution in [-0.2, 0) is 20.9 Å². The van der Waals surface area contributed by atoms with Gasteiger partial charge in [-0.1, -0.05) is 30.3 Å². The van der Waals surface area contributed by atoms with Crippen LogP contribution in [0.25, 0.3) is 0 Å². The van der Waals surface area contributed by atoms with Crippen molar-refractivity contribution in [1.29, 1.82) is 0 Å². The van der Waals surface area contributed by atoms with E-state index in [9.17, 15) is 14.4 Å². The predicted octanol–water partition coefficient (Wildman–Crippen LogP) is 0.458. The molecule has 1 N–H and O–H groups in total. The Morgan fingerprint density at radius 3 is 2.41 bits per heavy atom. The van der Waals surface area contributed by atoms with Crippen molar-refractivity contribution in [2.45, 2.75) is 32.4 Å². The molecule has 0 aromatic heterocycles. The molecule has 0 saturated carbocycles. The number of benzene rings is 1. The Kier molecular flexibility index (Phi) is 6.45. The van der Waals surface area contributed by atoms with Gasteiger partial charge in [0.2, 0.25) is 17.7 Å². The molecule has 1 aromatic carbocycles. The number of hydrogen-bond donors (Lipinski definition) is 1. The molecular weight excluding hydrogens is 344 g/mol. The van der Waals surface area contributed by atoms with E-state index in [0.29, 0.717) is 45.8 Å². The van der Waals surface area contributed by atoms with Gasteiger partial charge in [-0.3, -0.25) is 19.3 Å². The molecule has 7 nitrogen and oxygen atoms in total. The molecule has 27 heavy (non-hydrogen) atoms. The molecule has 7 heteroatoms. The average molecular weight is 372 g/mol. The van der Waals surface area contributed by atoms with Gasteiger partial charge in [0.05, 0.1) is 6.54 Å². The van der Waals surface area contributed by atoms with E-state index in [4.69, 9.17) is 0 Å². The SMILES string of the molecule is CC(=O)N1CCCC1C(=O)N1CCN(CC(=O)NCc2ccccc2)CC1. The fourth-order valence-corrected chi connectivity index (χ4v) is 3.79. The van der Waals surface area contributed by atoms with Crippen LogP contribution in [0.3, 0.4) is 0 Å². The Labute approximate surface area is 160 Å². The second-order valence-electron chi connectivity index (χ2n) is 7.23. The average Bonchev–Trinajstić information content (AvgIpc) is 3.17. The first kappa shape index (κ1) is 19.4. The highest BCUT2D eigenvalue weighted by molar-refractivity contribution is 5.87. The Hall–Kier alpha value is -2.41. The van der Waals surface area contributed by atoms with Gasteiger partial charge in [-0.05, 0) is 18.4 Å². The zero-order chi connectivity index (χ0) is 19.2. The number of rotatable bonds is 5. The molecule has 0 spiro atoms. The van der Waals surface area contributed by atoms with Crippen molar-refractivity contribution in [1.82, 2.24) is 20.0 Å². The molecule has 2 saturated heterocycles. The van der Waals surface area contributed by atoms with Gasteiger partial charge in [0.25, 0.3) is 0 Å². The molecule has 1 unspecified atom stereocenters. The maximum absolute atomic E-state index is 12.7. The number of nitrogens with zero attached hydrogens (tertiary/aromatic N) is 3. The van der Waals surface area contributed by atoms with E-state index in [1.807, 2.05) is 35.2 Å². The summed E-state index contributed by atoms with van der Waals surface area (Å²) in [5.41, 5.74) is 1.08. The summed E-state index contributed by atoms with van der Waals surface area (Å²) < 4.78 is 0. The number of amides is 3. The summed E-state index contributed by atoms with van der Waals surface area (Å²) in [6.45, 7) is 5.64. The van der Waals surface area contributed by atoms with Crippen LogP contribution in [0.4, 0.5) is 0 Å². The lowest BCUT2D eigenvalue weighted by Crippen LogP contribution is -2.55. The Morgan fingerprint density at radius 1 is 1.04 bits per heavy atom. The van der Waals surface area contributed by atoms with Crippen LogP contribution >= 0.6 is 0 Å². The molecule has 2 aliphatic rings. The van der Waals surface area contributed by atoms with Crippen molar-refractivity contribution in [2.75, 3.05) is 39.3 Å². The van der Waals surface area contributed by atoms with Crippen molar-refractivity contribution in [3.63, 3.8) is 0 Å². The van der Waals surface area contributed by atoms with Crippen LogP contribution in [0, 0.1) is 0 Å². The third-order valence-electron chi connectivity index (χ3n) is 5.33. The van der Waals surface area contributed by atoms with Crippen LogP contribution < -0.4 is 5.32 Å².